The van der Waals surface area contributed by atoms with Crippen molar-refractivity contribution in [1.82, 2.24) is 5.32 Å². The maximum atomic E-state index is 13.7. The lowest BCUT2D eigenvalue weighted by Crippen LogP contribution is -2.31. The Morgan fingerprint density at radius 1 is 1.17 bits per heavy atom. The van der Waals surface area contributed by atoms with Crippen LogP contribution in [0.5, 0.6) is 11.5 Å². The van der Waals surface area contributed by atoms with Gasteiger partial charge in [-0.25, -0.2) is 4.39 Å². The Kier molecular flexibility index (Phi) is 5.79. The van der Waals surface area contributed by atoms with E-state index in [1.54, 1.807) is 19.1 Å². The Bertz CT molecular complexity index is 710. The van der Waals surface area contributed by atoms with Gasteiger partial charge in [-0.3, -0.25) is 4.79 Å². The second kappa shape index (κ2) is 7.81. The lowest BCUT2D eigenvalue weighted by Gasteiger charge is -2.16. The van der Waals surface area contributed by atoms with Crippen LogP contribution >= 0.6 is 0 Å². The molecule has 2 rings (SSSR count). The summed E-state index contributed by atoms with van der Waals surface area (Å²) < 4.78 is 24.1. The summed E-state index contributed by atoms with van der Waals surface area (Å²) in [6.07, 6.45) is 0. The Morgan fingerprint density at radius 3 is 2.42 bits per heavy atom. The summed E-state index contributed by atoms with van der Waals surface area (Å²) in [5.41, 5.74) is 2.81. The van der Waals surface area contributed by atoms with E-state index in [1.165, 1.54) is 13.2 Å². The van der Waals surface area contributed by atoms with Crippen molar-refractivity contribution in [2.75, 3.05) is 13.7 Å². The van der Waals surface area contributed by atoms with E-state index < -0.39 is 5.82 Å². The standard InChI is InChI=1S/C19H22FNO3/c1-12-7-13(2)9-16(8-12)24-11-19(22)21-14(3)15-5-6-18(23-4)17(20)10-15/h5-10,14H,11H2,1-4H3,(H,21,22)/t14-/m0/s1. The molecule has 2 aromatic rings. The summed E-state index contributed by atoms with van der Waals surface area (Å²) in [6, 6.07) is 10.1. The van der Waals surface area contributed by atoms with E-state index in [1.807, 2.05) is 32.0 Å². The van der Waals surface area contributed by atoms with Gasteiger partial charge in [-0.05, 0) is 61.7 Å². The van der Waals surface area contributed by atoms with Crippen LogP contribution in [0.2, 0.25) is 0 Å². The van der Waals surface area contributed by atoms with E-state index in [2.05, 4.69) is 5.32 Å². The average Bonchev–Trinajstić information content (AvgIpc) is 2.52. The number of halogens is 1. The number of rotatable bonds is 6. The van der Waals surface area contributed by atoms with Crippen molar-refractivity contribution >= 4 is 5.91 Å². The van der Waals surface area contributed by atoms with Gasteiger partial charge in [0.1, 0.15) is 5.75 Å². The first-order valence-electron chi connectivity index (χ1n) is 7.73. The molecule has 0 spiro atoms. The number of nitrogens with one attached hydrogen (secondary N) is 1. The van der Waals surface area contributed by atoms with Crippen LogP contribution in [0.15, 0.2) is 36.4 Å². The number of amides is 1. The minimum atomic E-state index is -0.456. The highest BCUT2D eigenvalue weighted by molar-refractivity contribution is 5.78. The summed E-state index contributed by atoms with van der Waals surface area (Å²) >= 11 is 0. The zero-order valence-corrected chi connectivity index (χ0v) is 14.4. The van der Waals surface area contributed by atoms with E-state index >= 15 is 0 Å². The lowest BCUT2D eigenvalue weighted by atomic mass is 10.1. The van der Waals surface area contributed by atoms with Gasteiger partial charge >= 0.3 is 0 Å². The molecule has 0 bridgehead atoms. The highest BCUT2D eigenvalue weighted by Gasteiger charge is 2.13. The first-order valence-corrected chi connectivity index (χ1v) is 7.73. The summed E-state index contributed by atoms with van der Waals surface area (Å²) in [5.74, 6) is 0.113. The minimum Gasteiger partial charge on any atom is -0.494 e. The van der Waals surface area contributed by atoms with Gasteiger partial charge in [-0.1, -0.05) is 12.1 Å². The minimum absolute atomic E-state index is 0.0914. The number of aryl methyl sites for hydroxylation is 2. The molecular weight excluding hydrogens is 309 g/mol. The summed E-state index contributed by atoms with van der Waals surface area (Å²) in [5, 5.41) is 2.79. The monoisotopic (exact) mass is 331 g/mol. The summed E-state index contributed by atoms with van der Waals surface area (Å²) in [4.78, 5) is 12.0. The Balaban J connectivity index is 1.92. The van der Waals surface area contributed by atoms with Crippen LogP contribution < -0.4 is 14.8 Å². The van der Waals surface area contributed by atoms with Gasteiger partial charge in [0, 0.05) is 0 Å². The van der Waals surface area contributed by atoms with Crippen molar-refractivity contribution in [3.63, 3.8) is 0 Å². The zero-order chi connectivity index (χ0) is 17.7. The quantitative estimate of drug-likeness (QED) is 0.878. The third kappa shape index (κ3) is 4.72. The molecule has 0 aliphatic heterocycles. The number of benzene rings is 2. The normalized spacial score (nSPS) is 11.7. The third-order valence-electron chi connectivity index (χ3n) is 3.62. The molecule has 0 saturated heterocycles. The van der Waals surface area contributed by atoms with Crippen LogP contribution in [-0.4, -0.2) is 19.6 Å². The topological polar surface area (TPSA) is 47.6 Å². The van der Waals surface area contributed by atoms with Crippen molar-refractivity contribution in [1.29, 1.82) is 0 Å². The molecular formula is C19H22FNO3. The van der Waals surface area contributed by atoms with Crippen LogP contribution in [0.3, 0.4) is 0 Å². The van der Waals surface area contributed by atoms with Gasteiger partial charge in [0.05, 0.1) is 13.2 Å². The maximum absolute atomic E-state index is 13.7. The van der Waals surface area contributed by atoms with Crippen LogP contribution in [0, 0.1) is 19.7 Å². The molecule has 0 fully saturated rings. The van der Waals surface area contributed by atoms with Crippen molar-refractivity contribution < 1.29 is 18.7 Å². The van der Waals surface area contributed by atoms with Gasteiger partial charge in [0.15, 0.2) is 18.2 Å². The molecule has 128 valence electrons. The molecule has 5 heteroatoms. The molecule has 4 nitrogen and oxygen atoms in total. The first kappa shape index (κ1) is 17.8. The van der Waals surface area contributed by atoms with E-state index in [0.717, 1.165) is 11.1 Å². The van der Waals surface area contributed by atoms with Gasteiger partial charge < -0.3 is 14.8 Å². The number of methoxy groups -OCH3 is 1. The van der Waals surface area contributed by atoms with Crippen LogP contribution in [0.4, 0.5) is 4.39 Å². The van der Waals surface area contributed by atoms with Crippen LogP contribution in [0.1, 0.15) is 29.7 Å². The van der Waals surface area contributed by atoms with Gasteiger partial charge in [0.2, 0.25) is 0 Å². The van der Waals surface area contributed by atoms with E-state index in [9.17, 15) is 9.18 Å². The molecule has 0 radical (unpaired) electrons. The molecule has 1 atom stereocenters. The predicted octanol–water partition coefficient (Wildman–Crippen LogP) is 3.71. The molecule has 2 aromatic carbocycles. The van der Waals surface area contributed by atoms with Crippen molar-refractivity contribution in [2.24, 2.45) is 0 Å². The fraction of sp³-hybridized carbons (Fsp3) is 0.316. The summed E-state index contributed by atoms with van der Waals surface area (Å²) in [6.45, 7) is 5.64. The largest absolute Gasteiger partial charge is 0.494 e. The van der Waals surface area contributed by atoms with Crippen molar-refractivity contribution in [3.05, 3.63) is 58.9 Å². The van der Waals surface area contributed by atoms with Crippen LogP contribution in [-0.2, 0) is 4.79 Å². The Hall–Kier alpha value is -2.56. The van der Waals surface area contributed by atoms with E-state index in [4.69, 9.17) is 9.47 Å². The number of carbonyl (C=O) groups excluding carboxylic acids is 1. The van der Waals surface area contributed by atoms with Crippen molar-refractivity contribution in [3.8, 4) is 11.5 Å². The Labute approximate surface area is 141 Å². The number of ether oxygens (including phenoxy) is 2. The van der Waals surface area contributed by atoms with E-state index in [-0.39, 0.29) is 24.3 Å². The molecule has 0 aromatic heterocycles. The second-order valence-electron chi connectivity index (χ2n) is 5.80. The molecule has 0 unspecified atom stereocenters. The molecule has 0 aliphatic carbocycles. The van der Waals surface area contributed by atoms with Crippen molar-refractivity contribution in [2.45, 2.75) is 26.8 Å². The SMILES string of the molecule is COc1ccc([C@H](C)NC(=O)COc2cc(C)cc(C)c2)cc1F. The molecule has 0 saturated carbocycles. The number of hydrogen-bond acceptors (Lipinski definition) is 3. The molecule has 1 N–H and O–H groups in total. The highest BCUT2D eigenvalue weighted by Crippen LogP contribution is 2.21. The smallest absolute Gasteiger partial charge is 0.258 e. The lowest BCUT2D eigenvalue weighted by molar-refractivity contribution is -0.123. The van der Waals surface area contributed by atoms with E-state index in [0.29, 0.717) is 11.3 Å². The first-order chi connectivity index (χ1) is 11.4. The Morgan fingerprint density at radius 2 is 1.83 bits per heavy atom. The molecule has 24 heavy (non-hydrogen) atoms. The summed E-state index contributed by atoms with van der Waals surface area (Å²) in [7, 11) is 1.41. The average molecular weight is 331 g/mol. The zero-order valence-electron chi connectivity index (χ0n) is 14.4. The van der Waals surface area contributed by atoms with Gasteiger partial charge in [-0.15, -0.1) is 0 Å². The predicted molar refractivity (Wildman–Crippen MR) is 90.9 cm³/mol. The number of hydrogen-bond donors (Lipinski definition) is 1. The van der Waals surface area contributed by atoms with Gasteiger partial charge in [0.25, 0.3) is 5.91 Å². The molecule has 0 aliphatic rings. The number of carbonyl (C=O) groups is 1. The fourth-order valence-corrected chi connectivity index (χ4v) is 2.48. The molecule has 1 amide bonds. The fourth-order valence-electron chi connectivity index (χ4n) is 2.48. The maximum Gasteiger partial charge on any atom is 0.258 e. The van der Waals surface area contributed by atoms with Crippen LogP contribution in [0.25, 0.3) is 0 Å². The van der Waals surface area contributed by atoms with Gasteiger partial charge in [-0.2, -0.15) is 0 Å². The molecule has 0 heterocycles. The second-order valence-corrected chi connectivity index (χ2v) is 5.80. The highest BCUT2D eigenvalue weighted by atomic mass is 19.1. The third-order valence-corrected chi connectivity index (χ3v) is 3.62.